The molecule has 2 atom stereocenters. The van der Waals surface area contributed by atoms with Gasteiger partial charge in [0.25, 0.3) is 0 Å². The van der Waals surface area contributed by atoms with Crippen LogP contribution in [0.5, 0.6) is 0 Å². The van der Waals surface area contributed by atoms with E-state index in [4.69, 9.17) is 4.74 Å². The highest BCUT2D eigenvalue weighted by Crippen LogP contribution is 2.31. The summed E-state index contributed by atoms with van der Waals surface area (Å²) in [6.07, 6.45) is 4.43. The maximum absolute atomic E-state index is 5.62. The predicted octanol–water partition coefficient (Wildman–Crippen LogP) is 2.95. The fraction of sp³-hybridized carbons (Fsp3) is 0.846. The molecule has 0 fully saturated rings. The monoisotopic (exact) mass is 211 g/mol. The lowest BCUT2D eigenvalue weighted by molar-refractivity contribution is 0.181. The summed E-state index contributed by atoms with van der Waals surface area (Å²) in [4.78, 5) is 0. The van der Waals surface area contributed by atoms with Gasteiger partial charge in [0, 0.05) is 6.42 Å². The maximum atomic E-state index is 5.62. The minimum Gasteiger partial charge on any atom is -0.496 e. The lowest BCUT2D eigenvalue weighted by Crippen LogP contribution is -2.33. The highest BCUT2D eigenvalue weighted by molar-refractivity contribution is 5.07. The summed E-state index contributed by atoms with van der Waals surface area (Å²) in [5, 5.41) is 3.35. The van der Waals surface area contributed by atoms with Crippen LogP contribution in [0.2, 0.25) is 0 Å². The molecule has 0 aliphatic carbocycles. The predicted molar refractivity (Wildman–Crippen MR) is 64.7 cm³/mol. The third-order valence-electron chi connectivity index (χ3n) is 3.49. The molecule has 0 spiro atoms. The molecule has 15 heavy (non-hydrogen) atoms. The van der Waals surface area contributed by atoms with Crippen LogP contribution in [-0.4, -0.2) is 19.7 Å². The van der Waals surface area contributed by atoms with Crippen molar-refractivity contribution in [2.24, 2.45) is 11.3 Å². The van der Waals surface area contributed by atoms with Crippen molar-refractivity contribution in [3.63, 3.8) is 0 Å². The molecule has 0 aromatic rings. The Bertz CT molecular complexity index is 227. The fourth-order valence-corrected chi connectivity index (χ4v) is 1.76. The quantitative estimate of drug-likeness (QED) is 0.772. The van der Waals surface area contributed by atoms with Crippen molar-refractivity contribution < 1.29 is 4.74 Å². The van der Waals surface area contributed by atoms with Gasteiger partial charge in [0.1, 0.15) is 5.76 Å². The Morgan fingerprint density at radius 3 is 2.53 bits per heavy atom. The van der Waals surface area contributed by atoms with E-state index in [-0.39, 0.29) is 0 Å². The molecule has 1 aliphatic heterocycles. The third kappa shape index (κ3) is 3.53. The largest absolute Gasteiger partial charge is 0.496 e. The van der Waals surface area contributed by atoms with Crippen molar-refractivity contribution in [2.75, 3.05) is 13.7 Å². The Morgan fingerprint density at radius 1 is 1.47 bits per heavy atom. The molecule has 1 N–H and O–H groups in total. The molecule has 2 heteroatoms. The Labute approximate surface area is 94.1 Å². The van der Waals surface area contributed by atoms with Gasteiger partial charge >= 0.3 is 0 Å². The van der Waals surface area contributed by atoms with Crippen molar-refractivity contribution in [3.8, 4) is 0 Å². The van der Waals surface area contributed by atoms with Gasteiger partial charge in [-0.15, -0.1) is 0 Å². The van der Waals surface area contributed by atoms with Crippen molar-refractivity contribution in [3.05, 3.63) is 11.8 Å². The lowest BCUT2D eigenvalue weighted by atomic mass is 9.78. The third-order valence-corrected chi connectivity index (χ3v) is 3.49. The second-order valence-electron chi connectivity index (χ2n) is 5.59. The van der Waals surface area contributed by atoms with Gasteiger partial charge in [-0.2, -0.15) is 0 Å². The van der Waals surface area contributed by atoms with E-state index in [2.05, 4.69) is 39.1 Å². The first-order valence-corrected chi connectivity index (χ1v) is 5.95. The number of hydrogen-bond acceptors (Lipinski definition) is 2. The van der Waals surface area contributed by atoms with Crippen LogP contribution in [0.25, 0.3) is 0 Å². The SMILES string of the molecule is CNC(CC(C)C(C)(C)C)C1=CCCO1. The van der Waals surface area contributed by atoms with Gasteiger partial charge in [-0.05, 0) is 30.9 Å². The molecule has 2 nitrogen and oxygen atoms in total. The minimum absolute atomic E-state index is 0.369. The maximum Gasteiger partial charge on any atom is 0.109 e. The molecule has 1 heterocycles. The Morgan fingerprint density at radius 2 is 2.13 bits per heavy atom. The molecule has 0 saturated heterocycles. The van der Waals surface area contributed by atoms with E-state index in [1.165, 1.54) is 0 Å². The molecule has 0 bridgehead atoms. The first kappa shape index (κ1) is 12.6. The first-order chi connectivity index (χ1) is 6.95. The van der Waals surface area contributed by atoms with Crippen LogP contribution in [0, 0.1) is 11.3 Å². The highest BCUT2D eigenvalue weighted by Gasteiger charge is 2.26. The van der Waals surface area contributed by atoms with Crippen molar-refractivity contribution in [1.82, 2.24) is 5.32 Å². The zero-order chi connectivity index (χ0) is 11.5. The number of hydrogen-bond donors (Lipinski definition) is 1. The average Bonchev–Trinajstić information content (AvgIpc) is 2.64. The van der Waals surface area contributed by atoms with Gasteiger partial charge in [0.05, 0.1) is 12.6 Å². The van der Waals surface area contributed by atoms with Crippen LogP contribution >= 0.6 is 0 Å². The van der Waals surface area contributed by atoms with Gasteiger partial charge in [0.2, 0.25) is 0 Å². The van der Waals surface area contributed by atoms with Crippen molar-refractivity contribution in [2.45, 2.75) is 46.6 Å². The fourth-order valence-electron chi connectivity index (χ4n) is 1.76. The minimum atomic E-state index is 0.369. The molecular weight excluding hydrogens is 186 g/mol. The normalized spacial score (nSPS) is 20.7. The first-order valence-electron chi connectivity index (χ1n) is 5.95. The summed E-state index contributed by atoms with van der Waals surface area (Å²) >= 11 is 0. The second kappa shape index (κ2) is 5.02. The lowest BCUT2D eigenvalue weighted by Gasteiger charge is -2.30. The topological polar surface area (TPSA) is 21.3 Å². The summed E-state index contributed by atoms with van der Waals surface area (Å²) in [5.41, 5.74) is 0.369. The van der Waals surface area contributed by atoms with Gasteiger partial charge in [-0.25, -0.2) is 0 Å². The second-order valence-corrected chi connectivity index (χ2v) is 5.59. The molecule has 0 saturated carbocycles. The van der Waals surface area contributed by atoms with Gasteiger partial charge in [0.15, 0.2) is 0 Å². The summed E-state index contributed by atoms with van der Waals surface area (Å²) in [6.45, 7) is 10.1. The van der Waals surface area contributed by atoms with E-state index >= 15 is 0 Å². The summed E-state index contributed by atoms with van der Waals surface area (Å²) in [6, 6.07) is 0.390. The van der Waals surface area contributed by atoms with E-state index in [9.17, 15) is 0 Å². The van der Waals surface area contributed by atoms with Crippen molar-refractivity contribution >= 4 is 0 Å². The molecule has 1 aliphatic rings. The number of ether oxygens (including phenoxy) is 1. The molecular formula is C13H25NO. The van der Waals surface area contributed by atoms with Crippen molar-refractivity contribution in [1.29, 1.82) is 0 Å². The van der Waals surface area contributed by atoms with Crippen LogP contribution in [0.15, 0.2) is 11.8 Å². The smallest absolute Gasteiger partial charge is 0.109 e. The molecule has 0 amide bonds. The van der Waals surface area contributed by atoms with E-state index in [1.54, 1.807) is 0 Å². The number of likely N-dealkylation sites (N-methyl/N-ethyl adjacent to an activating group) is 1. The van der Waals surface area contributed by atoms with Crippen LogP contribution in [0.3, 0.4) is 0 Å². The van der Waals surface area contributed by atoms with Crippen LogP contribution < -0.4 is 5.32 Å². The van der Waals surface area contributed by atoms with Gasteiger partial charge in [-0.3, -0.25) is 0 Å². The van der Waals surface area contributed by atoms with Gasteiger partial charge < -0.3 is 10.1 Å². The zero-order valence-electron chi connectivity index (χ0n) is 10.8. The van der Waals surface area contributed by atoms with E-state index in [0.29, 0.717) is 17.4 Å². The Balaban J connectivity index is 2.53. The summed E-state index contributed by atoms with van der Waals surface area (Å²) < 4.78 is 5.62. The Hall–Kier alpha value is -0.500. The van der Waals surface area contributed by atoms with Gasteiger partial charge in [-0.1, -0.05) is 27.7 Å². The molecule has 2 unspecified atom stereocenters. The van der Waals surface area contributed by atoms with Crippen LogP contribution in [-0.2, 0) is 4.74 Å². The average molecular weight is 211 g/mol. The van der Waals surface area contributed by atoms with E-state index < -0.39 is 0 Å². The Kier molecular flexibility index (Phi) is 4.21. The summed E-state index contributed by atoms with van der Waals surface area (Å²) in [7, 11) is 2.02. The molecule has 88 valence electrons. The standard InChI is InChI=1S/C13H25NO/c1-10(13(2,3)4)9-11(14-5)12-7-6-8-15-12/h7,10-11,14H,6,8-9H2,1-5H3. The summed E-state index contributed by atoms with van der Waals surface area (Å²) in [5.74, 6) is 1.83. The molecule has 0 aromatic carbocycles. The molecule has 0 radical (unpaired) electrons. The number of nitrogens with one attached hydrogen (secondary N) is 1. The molecule has 0 aromatic heterocycles. The van der Waals surface area contributed by atoms with Crippen LogP contribution in [0.4, 0.5) is 0 Å². The molecule has 1 rings (SSSR count). The zero-order valence-corrected chi connectivity index (χ0v) is 10.8. The van der Waals surface area contributed by atoms with Crippen LogP contribution in [0.1, 0.15) is 40.5 Å². The van der Waals surface area contributed by atoms with E-state index in [1.807, 2.05) is 7.05 Å². The highest BCUT2D eigenvalue weighted by atomic mass is 16.5. The number of rotatable bonds is 4. The van der Waals surface area contributed by atoms with E-state index in [0.717, 1.165) is 25.2 Å².